The summed E-state index contributed by atoms with van der Waals surface area (Å²) in [6, 6.07) is 6.99. The van der Waals surface area contributed by atoms with Crippen molar-refractivity contribution in [2.45, 2.75) is 25.6 Å². The highest BCUT2D eigenvalue weighted by Crippen LogP contribution is 2.25. The van der Waals surface area contributed by atoms with E-state index in [2.05, 4.69) is 4.74 Å². The van der Waals surface area contributed by atoms with Gasteiger partial charge in [0.15, 0.2) is 11.6 Å². The Morgan fingerprint density at radius 1 is 0.862 bits per heavy atom. The lowest BCUT2D eigenvalue weighted by Crippen LogP contribution is -2.16. The van der Waals surface area contributed by atoms with Crippen LogP contribution in [0.2, 0.25) is 0 Å². The molecule has 0 bridgehead atoms. The molecule has 0 heterocycles. The minimum absolute atomic E-state index is 0.129. The van der Waals surface area contributed by atoms with Crippen LogP contribution in [0.5, 0.6) is 17.2 Å². The molecule has 0 aliphatic heterocycles. The number of nitrogens with two attached hydrogens (primary N) is 1. The predicted molar refractivity (Wildman–Crippen MR) is 92.8 cm³/mol. The quantitative estimate of drug-likeness (QED) is 0.452. The number of ether oxygens (including phenoxy) is 3. The van der Waals surface area contributed by atoms with Gasteiger partial charge in [0.2, 0.25) is 0 Å². The monoisotopic (exact) mass is 419 g/mol. The average molecular weight is 419 g/mol. The zero-order chi connectivity index (χ0) is 21.4. The number of unbranched alkanes of at least 4 members (excludes halogenated alkanes) is 2. The molecule has 0 aromatic heterocycles. The summed E-state index contributed by atoms with van der Waals surface area (Å²) >= 11 is 0. The molecule has 0 aliphatic rings. The summed E-state index contributed by atoms with van der Waals surface area (Å²) < 4.78 is 77.9. The number of hydrogen-bond acceptors (Lipinski definition) is 4. The number of rotatable bonds is 10. The van der Waals surface area contributed by atoms with Crippen molar-refractivity contribution in [2.24, 2.45) is 5.73 Å². The lowest BCUT2D eigenvalue weighted by Gasteiger charge is -2.11. The van der Waals surface area contributed by atoms with Gasteiger partial charge in [-0.3, -0.25) is 4.79 Å². The fraction of sp³-hybridized carbons (Fsp3) is 0.316. The largest absolute Gasteiger partial charge is 0.573 e. The molecule has 0 atom stereocenters. The Morgan fingerprint density at radius 2 is 1.45 bits per heavy atom. The van der Waals surface area contributed by atoms with Crippen LogP contribution in [-0.4, -0.2) is 25.5 Å². The van der Waals surface area contributed by atoms with Crippen molar-refractivity contribution in [3.05, 3.63) is 53.6 Å². The summed E-state index contributed by atoms with van der Waals surface area (Å²) in [7, 11) is 0. The predicted octanol–water partition coefficient (Wildman–Crippen LogP) is 4.59. The van der Waals surface area contributed by atoms with Crippen LogP contribution in [0.25, 0.3) is 0 Å². The van der Waals surface area contributed by atoms with Gasteiger partial charge in [0.25, 0.3) is 5.91 Å². The van der Waals surface area contributed by atoms with Crippen molar-refractivity contribution >= 4 is 5.91 Å². The SMILES string of the molecule is NC(=O)c1c(F)ccc(OCCCCCOc2ccc(OC(F)(F)F)cc2)c1F. The van der Waals surface area contributed by atoms with Crippen molar-refractivity contribution in [1.29, 1.82) is 0 Å². The van der Waals surface area contributed by atoms with Crippen molar-refractivity contribution < 1.29 is 41.0 Å². The van der Waals surface area contributed by atoms with Crippen LogP contribution in [0, 0.1) is 11.6 Å². The number of alkyl halides is 3. The molecule has 0 saturated heterocycles. The minimum Gasteiger partial charge on any atom is -0.494 e. The highest BCUT2D eigenvalue weighted by atomic mass is 19.4. The second-order valence-electron chi connectivity index (χ2n) is 5.88. The van der Waals surface area contributed by atoms with Gasteiger partial charge in [0, 0.05) is 0 Å². The molecule has 2 aromatic carbocycles. The Labute approximate surface area is 163 Å². The fourth-order valence-corrected chi connectivity index (χ4v) is 2.36. The first-order valence-corrected chi connectivity index (χ1v) is 8.56. The summed E-state index contributed by atoms with van der Waals surface area (Å²) in [5.74, 6) is -3.63. The van der Waals surface area contributed by atoms with Gasteiger partial charge < -0.3 is 19.9 Å². The number of primary amides is 1. The van der Waals surface area contributed by atoms with E-state index in [9.17, 15) is 26.7 Å². The van der Waals surface area contributed by atoms with Crippen LogP contribution in [0.3, 0.4) is 0 Å². The molecule has 0 saturated carbocycles. The second kappa shape index (κ2) is 9.94. The lowest BCUT2D eigenvalue weighted by atomic mass is 10.1. The number of amides is 1. The molecular weight excluding hydrogens is 401 g/mol. The zero-order valence-corrected chi connectivity index (χ0v) is 15.1. The summed E-state index contributed by atoms with van der Waals surface area (Å²) in [6.07, 6.45) is -2.95. The number of halogens is 5. The highest BCUT2D eigenvalue weighted by molar-refractivity contribution is 5.93. The van der Waals surface area contributed by atoms with Crippen LogP contribution in [-0.2, 0) is 0 Å². The second-order valence-corrected chi connectivity index (χ2v) is 5.88. The molecule has 0 spiro atoms. The number of carbonyl (C=O) groups excluding carboxylic acids is 1. The Morgan fingerprint density at radius 3 is 2.03 bits per heavy atom. The fourth-order valence-electron chi connectivity index (χ4n) is 2.36. The molecule has 1 amide bonds. The van der Waals surface area contributed by atoms with E-state index in [0.717, 1.165) is 24.3 Å². The molecule has 0 aliphatic carbocycles. The topological polar surface area (TPSA) is 70.8 Å². The number of benzene rings is 2. The van der Waals surface area contributed by atoms with Crippen molar-refractivity contribution in [2.75, 3.05) is 13.2 Å². The molecule has 0 unspecified atom stereocenters. The summed E-state index contributed by atoms with van der Waals surface area (Å²) in [6.45, 7) is 0.445. The molecule has 10 heteroatoms. The first-order chi connectivity index (χ1) is 13.7. The third-order valence-electron chi connectivity index (χ3n) is 3.67. The van der Waals surface area contributed by atoms with E-state index in [4.69, 9.17) is 15.2 Å². The molecule has 29 heavy (non-hydrogen) atoms. The lowest BCUT2D eigenvalue weighted by molar-refractivity contribution is -0.274. The van der Waals surface area contributed by atoms with Crippen molar-refractivity contribution in [3.63, 3.8) is 0 Å². The Bertz CT molecular complexity index is 825. The Hall–Kier alpha value is -3.04. The summed E-state index contributed by atoms with van der Waals surface area (Å²) in [5, 5.41) is 0. The maximum absolute atomic E-state index is 14.0. The van der Waals surface area contributed by atoms with E-state index in [1.165, 1.54) is 12.1 Å². The van der Waals surface area contributed by atoms with E-state index < -0.39 is 29.5 Å². The maximum atomic E-state index is 14.0. The van der Waals surface area contributed by atoms with Gasteiger partial charge in [0.05, 0.1) is 13.2 Å². The van der Waals surface area contributed by atoms with Crippen LogP contribution >= 0.6 is 0 Å². The Balaban J connectivity index is 1.67. The molecule has 2 N–H and O–H groups in total. The zero-order valence-electron chi connectivity index (χ0n) is 15.1. The van der Waals surface area contributed by atoms with Gasteiger partial charge >= 0.3 is 6.36 Å². The van der Waals surface area contributed by atoms with Gasteiger partial charge in [-0.05, 0) is 55.7 Å². The third-order valence-corrected chi connectivity index (χ3v) is 3.67. The molecule has 2 rings (SSSR count). The van der Waals surface area contributed by atoms with Gasteiger partial charge in [0.1, 0.15) is 22.9 Å². The molecular formula is C19H18F5NO4. The van der Waals surface area contributed by atoms with Gasteiger partial charge in [-0.15, -0.1) is 13.2 Å². The van der Waals surface area contributed by atoms with Crippen LogP contribution in [0.15, 0.2) is 36.4 Å². The standard InChI is InChI=1S/C19H18F5NO4/c20-14-8-9-15(17(21)16(14)18(25)26)28-11-3-1-2-10-27-12-4-6-13(7-5-12)29-19(22,23)24/h4-9H,1-3,10-11H2,(H2,25,26). The Kier molecular flexibility index (Phi) is 7.63. The smallest absolute Gasteiger partial charge is 0.494 e. The van der Waals surface area contributed by atoms with Gasteiger partial charge in [-0.25, -0.2) is 8.78 Å². The summed E-state index contributed by atoms with van der Waals surface area (Å²) in [5.41, 5.74) is 4.09. The van der Waals surface area contributed by atoms with Crippen LogP contribution in [0.1, 0.15) is 29.6 Å². The molecule has 158 valence electrons. The molecule has 0 radical (unpaired) electrons. The average Bonchev–Trinajstić information content (AvgIpc) is 2.62. The van der Waals surface area contributed by atoms with E-state index in [-0.39, 0.29) is 18.1 Å². The van der Waals surface area contributed by atoms with Crippen molar-refractivity contribution in [3.8, 4) is 17.2 Å². The molecule has 2 aromatic rings. The summed E-state index contributed by atoms with van der Waals surface area (Å²) in [4.78, 5) is 11.1. The van der Waals surface area contributed by atoms with Crippen LogP contribution < -0.4 is 19.9 Å². The normalized spacial score (nSPS) is 11.2. The van der Waals surface area contributed by atoms with Crippen molar-refractivity contribution in [1.82, 2.24) is 0 Å². The first kappa shape index (κ1) is 22.3. The number of carbonyl (C=O) groups is 1. The third kappa shape index (κ3) is 7.13. The van der Waals surface area contributed by atoms with E-state index >= 15 is 0 Å². The van der Waals surface area contributed by atoms with E-state index in [1.54, 1.807) is 0 Å². The van der Waals surface area contributed by atoms with E-state index in [1.807, 2.05) is 0 Å². The minimum atomic E-state index is -4.75. The first-order valence-electron chi connectivity index (χ1n) is 8.56. The number of hydrogen-bond donors (Lipinski definition) is 1. The highest BCUT2D eigenvalue weighted by Gasteiger charge is 2.30. The maximum Gasteiger partial charge on any atom is 0.573 e. The van der Waals surface area contributed by atoms with E-state index in [0.29, 0.717) is 31.6 Å². The van der Waals surface area contributed by atoms with Gasteiger partial charge in [-0.2, -0.15) is 0 Å². The molecule has 0 fully saturated rings. The van der Waals surface area contributed by atoms with Crippen LogP contribution in [0.4, 0.5) is 22.0 Å². The molecule has 5 nitrogen and oxygen atoms in total. The van der Waals surface area contributed by atoms with Gasteiger partial charge in [-0.1, -0.05) is 0 Å².